The lowest BCUT2D eigenvalue weighted by Crippen LogP contribution is -2.61. The molecule has 2 bridgehead atoms. The molecular weight excluding hydrogens is 544 g/mol. The maximum Gasteiger partial charge on any atom is 0.339 e. The van der Waals surface area contributed by atoms with Crippen molar-refractivity contribution in [3.05, 3.63) is 101 Å². The molecule has 3 aromatic rings. The molecule has 2 heterocycles. The molecule has 2 aliphatic heterocycles. The molecular formula is C35H30N2O6. The number of esters is 1. The van der Waals surface area contributed by atoms with E-state index >= 15 is 0 Å². The van der Waals surface area contributed by atoms with E-state index in [0.29, 0.717) is 22.7 Å². The number of amides is 4. The Morgan fingerprint density at radius 2 is 1.07 bits per heavy atom. The molecule has 0 N–H and O–H groups in total. The lowest BCUT2D eigenvalue weighted by molar-refractivity contribution is -0.152. The van der Waals surface area contributed by atoms with Crippen molar-refractivity contribution in [1.29, 1.82) is 0 Å². The van der Waals surface area contributed by atoms with Gasteiger partial charge in [0.2, 0.25) is 23.6 Å². The normalized spacial score (nSPS) is 29.3. The van der Waals surface area contributed by atoms with Crippen molar-refractivity contribution in [2.24, 2.45) is 35.0 Å². The Hall–Kier alpha value is -4.85. The molecule has 43 heavy (non-hydrogen) atoms. The number of carbonyl (C=O) groups excluding carboxylic acids is 5. The molecule has 0 radical (unpaired) electrons. The third-order valence-electron chi connectivity index (χ3n) is 9.94. The third-order valence-corrected chi connectivity index (χ3v) is 9.94. The summed E-state index contributed by atoms with van der Waals surface area (Å²) in [5.41, 5.74) is 2.03. The Bertz CT molecular complexity index is 1670. The van der Waals surface area contributed by atoms with Crippen LogP contribution < -0.4 is 14.5 Å². The number of aryl methyl sites for hydroxylation is 2. The Balaban J connectivity index is 1.40. The zero-order valence-electron chi connectivity index (χ0n) is 24.2. The van der Waals surface area contributed by atoms with Crippen LogP contribution >= 0.6 is 0 Å². The van der Waals surface area contributed by atoms with E-state index in [0.717, 1.165) is 11.1 Å². The van der Waals surface area contributed by atoms with Gasteiger partial charge in [-0.05, 0) is 57.2 Å². The van der Waals surface area contributed by atoms with Crippen LogP contribution in [0.5, 0.6) is 5.75 Å². The molecule has 2 saturated heterocycles. The van der Waals surface area contributed by atoms with Crippen molar-refractivity contribution in [1.82, 2.24) is 0 Å². The SMILES string of the molecule is CC1=C(C(=O)Oc2ccccc2)C2(C)[C@@H]3C(=O)N(c4ccc(C)cc4)C(=O)[C@@H]3C1[C@H]1C(=O)N(c3ccc(C)cc3)C(=O)[C@@H]12. The van der Waals surface area contributed by atoms with Gasteiger partial charge in [0.25, 0.3) is 0 Å². The first-order valence-electron chi connectivity index (χ1n) is 14.4. The zero-order chi connectivity index (χ0) is 30.4. The molecule has 216 valence electrons. The molecule has 6 atom stereocenters. The topological polar surface area (TPSA) is 101 Å². The highest BCUT2D eigenvalue weighted by molar-refractivity contribution is 6.27. The van der Waals surface area contributed by atoms with Gasteiger partial charge in [-0.1, -0.05) is 66.1 Å². The minimum atomic E-state index is -1.47. The van der Waals surface area contributed by atoms with E-state index in [4.69, 9.17) is 4.74 Å². The lowest BCUT2D eigenvalue weighted by Gasteiger charge is -2.55. The number of hydrogen-bond acceptors (Lipinski definition) is 6. The third kappa shape index (κ3) is 3.59. The van der Waals surface area contributed by atoms with Crippen molar-refractivity contribution >= 4 is 41.0 Å². The van der Waals surface area contributed by atoms with Crippen molar-refractivity contribution in [2.75, 3.05) is 9.80 Å². The van der Waals surface area contributed by atoms with E-state index in [1.165, 1.54) is 9.80 Å². The van der Waals surface area contributed by atoms with Crippen molar-refractivity contribution in [3.8, 4) is 5.75 Å². The molecule has 3 fully saturated rings. The van der Waals surface area contributed by atoms with Gasteiger partial charge < -0.3 is 4.74 Å². The minimum absolute atomic E-state index is 0.197. The van der Waals surface area contributed by atoms with Gasteiger partial charge in [0, 0.05) is 16.9 Å². The average molecular weight is 575 g/mol. The number of carbonyl (C=O) groups is 5. The fourth-order valence-corrected chi connectivity index (χ4v) is 8.15. The standard InChI is InChI=1S/C35H30N2O6/c1-18-10-14-21(15-11-18)36-30(38)25-24-20(3)27(34(42)43-23-8-6-5-7-9-23)35(4,28(25)32(36)40)29-26(24)31(39)37(33(29)41)22-16-12-19(2)13-17-22/h5-17,24-26,28-29H,1-4H3/t24?,25-,26-,28-,29+,35?/m1/s1. The fraction of sp³-hybridized carbons (Fsp3) is 0.286. The van der Waals surface area contributed by atoms with Crippen LogP contribution in [0.15, 0.2) is 90.0 Å². The van der Waals surface area contributed by atoms with E-state index in [2.05, 4.69) is 0 Å². The molecule has 8 nitrogen and oxygen atoms in total. The van der Waals surface area contributed by atoms with Gasteiger partial charge in [0.05, 0.1) is 35.0 Å². The Morgan fingerprint density at radius 3 is 1.51 bits per heavy atom. The van der Waals surface area contributed by atoms with Crippen LogP contribution in [0, 0.1) is 48.9 Å². The summed E-state index contributed by atoms with van der Waals surface area (Å²) >= 11 is 0. The molecule has 3 aliphatic carbocycles. The molecule has 2 unspecified atom stereocenters. The van der Waals surface area contributed by atoms with Gasteiger partial charge in [-0.25, -0.2) is 4.79 Å². The highest BCUT2D eigenvalue weighted by atomic mass is 16.5. The first kappa shape index (κ1) is 27.0. The highest BCUT2D eigenvalue weighted by Gasteiger charge is 2.77. The monoisotopic (exact) mass is 574 g/mol. The Labute approximate surface area is 248 Å². The van der Waals surface area contributed by atoms with Crippen LogP contribution in [0.1, 0.15) is 25.0 Å². The fourth-order valence-electron chi connectivity index (χ4n) is 8.15. The quantitative estimate of drug-likeness (QED) is 0.252. The summed E-state index contributed by atoms with van der Waals surface area (Å²) in [6, 6.07) is 22.7. The predicted molar refractivity (Wildman–Crippen MR) is 158 cm³/mol. The Kier molecular flexibility index (Phi) is 5.86. The van der Waals surface area contributed by atoms with E-state index in [1.54, 1.807) is 68.4 Å². The van der Waals surface area contributed by atoms with Crippen molar-refractivity contribution in [3.63, 3.8) is 0 Å². The summed E-state index contributed by atoms with van der Waals surface area (Å²) in [6.45, 7) is 7.25. The zero-order valence-corrected chi connectivity index (χ0v) is 24.2. The number of benzene rings is 3. The average Bonchev–Trinajstić information content (AvgIpc) is 3.41. The number of allylic oxidation sites excluding steroid dienone is 1. The maximum atomic E-state index is 14.4. The van der Waals surface area contributed by atoms with Gasteiger partial charge in [0.1, 0.15) is 5.75 Å². The van der Waals surface area contributed by atoms with E-state index in [9.17, 15) is 24.0 Å². The van der Waals surface area contributed by atoms with Crippen LogP contribution in [0.2, 0.25) is 0 Å². The first-order valence-corrected chi connectivity index (χ1v) is 14.4. The number of ether oxygens (including phenoxy) is 1. The van der Waals surface area contributed by atoms with Gasteiger partial charge in [0.15, 0.2) is 0 Å². The number of imide groups is 2. The van der Waals surface area contributed by atoms with Crippen molar-refractivity contribution in [2.45, 2.75) is 27.7 Å². The Morgan fingerprint density at radius 1 is 0.628 bits per heavy atom. The predicted octanol–water partition coefficient (Wildman–Crippen LogP) is 4.79. The molecule has 3 aromatic carbocycles. The summed E-state index contributed by atoms with van der Waals surface area (Å²) < 4.78 is 5.80. The smallest absolute Gasteiger partial charge is 0.339 e. The van der Waals surface area contributed by atoms with Gasteiger partial charge in [-0.15, -0.1) is 0 Å². The second-order valence-corrected chi connectivity index (χ2v) is 12.3. The molecule has 0 spiro atoms. The van der Waals surface area contributed by atoms with Gasteiger partial charge in [-0.3, -0.25) is 29.0 Å². The van der Waals surface area contributed by atoms with Crippen LogP contribution in [-0.2, 0) is 24.0 Å². The molecule has 5 aliphatic rings. The second kappa shape index (κ2) is 9.33. The first-order chi connectivity index (χ1) is 20.6. The maximum absolute atomic E-state index is 14.4. The molecule has 4 amide bonds. The van der Waals surface area contributed by atoms with Crippen LogP contribution in [-0.4, -0.2) is 29.6 Å². The number of para-hydroxylation sites is 1. The van der Waals surface area contributed by atoms with Crippen LogP contribution in [0.4, 0.5) is 11.4 Å². The number of hydrogen-bond donors (Lipinski definition) is 0. The largest absolute Gasteiger partial charge is 0.423 e. The van der Waals surface area contributed by atoms with E-state index in [1.807, 2.05) is 38.1 Å². The summed E-state index contributed by atoms with van der Waals surface area (Å²) in [5.74, 6) is -6.83. The summed E-state index contributed by atoms with van der Waals surface area (Å²) in [5, 5.41) is 0. The van der Waals surface area contributed by atoms with Crippen LogP contribution in [0.3, 0.4) is 0 Å². The molecule has 8 rings (SSSR count). The van der Waals surface area contributed by atoms with Crippen molar-refractivity contribution < 1.29 is 28.7 Å². The second-order valence-electron chi connectivity index (χ2n) is 12.3. The van der Waals surface area contributed by atoms with Gasteiger partial charge >= 0.3 is 5.97 Å². The number of anilines is 2. The highest BCUT2D eigenvalue weighted by Crippen LogP contribution is 2.68. The minimum Gasteiger partial charge on any atom is -0.423 e. The summed E-state index contributed by atoms with van der Waals surface area (Å²) in [6.07, 6.45) is 0. The van der Waals surface area contributed by atoms with Gasteiger partial charge in [-0.2, -0.15) is 0 Å². The molecule has 0 aromatic heterocycles. The number of nitrogens with zero attached hydrogens (tertiary/aromatic N) is 2. The number of rotatable bonds is 4. The summed E-state index contributed by atoms with van der Waals surface area (Å²) in [7, 11) is 0. The summed E-state index contributed by atoms with van der Waals surface area (Å²) in [4.78, 5) is 73.5. The van der Waals surface area contributed by atoms with Crippen LogP contribution in [0.25, 0.3) is 0 Å². The lowest BCUT2D eigenvalue weighted by atomic mass is 9.43. The van der Waals surface area contributed by atoms with E-state index in [-0.39, 0.29) is 5.57 Å². The van der Waals surface area contributed by atoms with E-state index < -0.39 is 64.6 Å². The molecule has 1 saturated carbocycles. The molecule has 8 heteroatoms.